The molecule has 1 aliphatic heterocycles. The lowest BCUT2D eigenvalue weighted by atomic mass is 10.1. The van der Waals surface area contributed by atoms with E-state index in [1.165, 1.54) is 4.31 Å². The molecule has 1 heterocycles. The van der Waals surface area contributed by atoms with E-state index >= 15 is 0 Å². The molecule has 0 amide bonds. The van der Waals surface area contributed by atoms with Crippen molar-refractivity contribution in [2.45, 2.75) is 44.8 Å². The van der Waals surface area contributed by atoms with E-state index in [0.29, 0.717) is 18.8 Å². The number of nitrogens with zero attached hydrogens (tertiary/aromatic N) is 1. The minimum atomic E-state index is -3.58. The molecule has 0 unspecified atom stereocenters. The number of anilines is 1. The number of hydrogen-bond acceptors (Lipinski definition) is 4. The van der Waals surface area contributed by atoms with Crippen LogP contribution in [-0.4, -0.2) is 38.0 Å². The van der Waals surface area contributed by atoms with Crippen molar-refractivity contribution in [1.29, 1.82) is 0 Å². The molecule has 112 valence electrons. The third-order valence-electron chi connectivity index (χ3n) is 3.69. The van der Waals surface area contributed by atoms with Gasteiger partial charge < -0.3 is 10.5 Å². The van der Waals surface area contributed by atoms with Crippen LogP contribution in [-0.2, 0) is 14.8 Å². The van der Waals surface area contributed by atoms with Crippen molar-refractivity contribution in [2.75, 3.05) is 18.8 Å². The van der Waals surface area contributed by atoms with E-state index in [2.05, 4.69) is 0 Å². The Hall–Kier alpha value is -1.11. The SMILES string of the molecule is Cc1ccc(N)c(S(=O)(=O)N2C[C@@H](C)O[C@@H](C)C2)c1C. The molecule has 20 heavy (non-hydrogen) atoms. The van der Waals surface area contributed by atoms with Crippen LogP contribution in [0.25, 0.3) is 0 Å². The minimum Gasteiger partial charge on any atom is -0.398 e. The molecule has 5 nitrogen and oxygen atoms in total. The first-order valence-electron chi connectivity index (χ1n) is 6.74. The van der Waals surface area contributed by atoms with Crippen LogP contribution in [0.5, 0.6) is 0 Å². The number of nitrogen functional groups attached to an aromatic ring is 1. The van der Waals surface area contributed by atoms with Crippen LogP contribution in [0.3, 0.4) is 0 Å². The average molecular weight is 298 g/mol. The van der Waals surface area contributed by atoms with E-state index in [4.69, 9.17) is 10.5 Å². The Balaban J connectivity index is 2.48. The molecule has 1 fully saturated rings. The predicted molar refractivity (Wildman–Crippen MR) is 79.1 cm³/mol. The standard InChI is InChI=1S/C14H22N2O3S/c1-9-5-6-13(15)14(12(9)4)20(17,18)16-7-10(2)19-11(3)8-16/h5-6,10-11H,7-8,15H2,1-4H3/t10-,11+. The van der Waals surface area contributed by atoms with Crippen molar-refractivity contribution in [2.24, 2.45) is 0 Å². The van der Waals surface area contributed by atoms with Crippen LogP contribution in [0.4, 0.5) is 5.69 Å². The van der Waals surface area contributed by atoms with Gasteiger partial charge in [0.15, 0.2) is 0 Å². The summed E-state index contributed by atoms with van der Waals surface area (Å²) in [6.07, 6.45) is -0.222. The van der Waals surface area contributed by atoms with Crippen LogP contribution in [0.2, 0.25) is 0 Å². The maximum Gasteiger partial charge on any atom is 0.245 e. The normalized spacial score (nSPS) is 24.8. The number of sulfonamides is 1. The monoisotopic (exact) mass is 298 g/mol. The summed E-state index contributed by atoms with van der Waals surface area (Å²) in [6.45, 7) is 8.17. The highest BCUT2D eigenvalue weighted by Gasteiger charge is 2.34. The highest BCUT2D eigenvalue weighted by Crippen LogP contribution is 2.29. The molecule has 2 atom stereocenters. The van der Waals surface area contributed by atoms with E-state index in [-0.39, 0.29) is 17.1 Å². The summed E-state index contributed by atoms with van der Waals surface area (Å²) in [5.74, 6) is 0. The molecule has 0 bridgehead atoms. The molecule has 0 aliphatic carbocycles. The van der Waals surface area contributed by atoms with E-state index in [0.717, 1.165) is 11.1 Å². The van der Waals surface area contributed by atoms with E-state index in [9.17, 15) is 8.42 Å². The Labute approximate surface area is 120 Å². The van der Waals surface area contributed by atoms with Gasteiger partial charge in [0.05, 0.1) is 17.9 Å². The fourth-order valence-corrected chi connectivity index (χ4v) is 4.59. The molecular formula is C14H22N2O3S. The molecule has 0 spiro atoms. The molecule has 2 N–H and O–H groups in total. The fraction of sp³-hybridized carbons (Fsp3) is 0.571. The summed E-state index contributed by atoms with van der Waals surface area (Å²) in [7, 11) is -3.58. The average Bonchev–Trinajstić information content (AvgIpc) is 2.33. The van der Waals surface area contributed by atoms with Gasteiger partial charge in [0.25, 0.3) is 0 Å². The van der Waals surface area contributed by atoms with Crippen LogP contribution in [0, 0.1) is 13.8 Å². The molecule has 0 saturated carbocycles. The van der Waals surface area contributed by atoms with Crippen LogP contribution in [0.15, 0.2) is 17.0 Å². The zero-order chi connectivity index (χ0) is 15.1. The summed E-state index contributed by atoms with van der Waals surface area (Å²) in [5, 5.41) is 0. The molecule has 0 radical (unpaired) electrons. The van der Waals surface area contributed by atoms with E-state index < -0.39 is 10.0 Å². The van der Waals surface area contributed by atoms with Crippen molar-refractivity contribution >= 4 is 15.7 Å². The van der Waals surface area contributed by atoms with Gasteiger partial charge in [-0.25, -0.2) is 8.42 Å². The van der Waals surface area contributed by atoms with Gasteiger partial charge in [-0.2, -0.15) is 4.31 Å². The van der Waals surface area contributed by atoms with Crippen molar-refractivity contribution in [1.82, 2.24) is 4.31 Å². The van der Waals surface area contributed by atoms with Crippen molar-refractivity contribution in [3.8, 4) is 0 Å². The van der Waals surface area contributed by atoms with Gasteiger partial charge in [-0.3, -0.25) is 0 Å². The summed E-state index contributed by atoms with van der Waals surface area (Å²) < 4.78 is 32.8. The quantitative estimate of drug-likeness (QED) is 0.843. The van der Waals surface area contributed by atoms with Crippen LogP contribution < -0.4 is 5.73 Å². The lowest BCUT2D eigenvalue weighted by Crippen LogP contribution is -2.48. The number of rotatable bonds is 2. The Morgan fingerprint density at radius 1 is 1.20 bits per heavy atom. The fourth-order valence-electron chi connectivity index (χ4n) is 2.61. The first-order chi connectivity index (χ1) is 9.23. The Kier molecular flexibility index (Phi) is 4.09. The Morgan fingerprint density at radius 3 is 2.30 bits per heavy atom. The number of aryl methyl sites for hydroxylation is 1. The van der Waals surface area contributed by atoms with Crippen LogP contribution >= 0.6 is 0 Å². The number of morpholine rings is 1. The second-order valence-corrected chi connectivity index (χ2v) is 7.38. The zero-order valence-electron chi connectivity index (χ0n) is 12.4. The Bertz CT molecular complexity index is 603. The second kappa shape index (κ2) is 5.35. The smallest absolute Gasteiger partial charge is 0.245 e. The molecule has 6 heteroatoms. The summed E-state index contributed by atoms with van der Waals surface area (Å²) in [5.41, 5.74) is 7.86. The largest absolute Gasteiger partial charge is 0.398 e. The maximum atomic E-state index is 12.9. The molecule has 1 aromatic carbocycles. The lowest BCUT2D eigenvalue weighted by Gasteiger charge is -2.35. The molecule has 1 aliphatic rings. The van der Waals surface area contributed by atoms with E-state index in [1.54, 1.807) is 13.0 Å². The van der Waals surface area contributed by atoms with Crippen molar-refractivity contribution < 1.29 is 13.2 Å². The zero-order valence-corrected chi connectivity index (χ0v) is 13.2. The van der Waals surface area contributed by atoms with Gasteiger partial charge in [0.2, 0.25) is 10.0 Å². The van der Waals surface area contributed by atoms with Gasteiger partial charge in [-0.15, -0.1) is 0 Å². The summed E-state index contributed by atoms with van der Waals surface area (Å²) >= 11 is 0. The lowest BCUT2D eigenvalue weighted by molar-refractivity contribution is -0.0440. The van der Waals surface area contributed by atoms with Crippen molar-refractivity contribution in [3.63, 3.8) is 0 Å². The summed E-state index contributed by atoms with van der Waals surface area (Å²) in [4.78, 5) is 0.235. The van der Waals surface area contributed by atoms with Gasteiger partial charge in [-0.05, 0) is 44.9 Å². The minimum absolute atomic E-state index is 0.111. The van der Waals surface area contributed by atoms with Gasteiger partial charge in [0, 0.05) is 13.1 Å². The third kappa shape index (κ3) is 2.68. The van der Waals surface area contributed by atoms with Crippen molar-refractivity contribution in [3.05, 3.63) is 23.3 Å². The maximum absolute atomic E-state index is 12.9. The van der Waals surface area contributed by atoms with Crippen LogP contribution in [0.1, 0.15) is 25.0 Å². The first kappa shape index (κ1) is 15.3. The van der Waals surface area contributed by atoms with Gasteiger partial charge >= 0.3 is 0 Å². The summed E-state index contributed by atoms with van der Waals surface area (Å²) in [6, 6.07) is 3.50. The molecule has 1 saturated heterocycles. The second-order valence-electron chi connectivity index (χ2n) is 5.51. The number of ether oxygens (including phenoxy) is 1. The highest BCUT2D eigenvalue weighted by molar-refractivity contribution is 7.89. The molecule has 0 aromatic heterocycles. The predicted octanol–water partition coefficient (Wildman–Crippen LogP) is 1.68. The molecular weight excluding hydrogens is 276 g/mol. The molecule has 1 aromatic rings. The number of benzene rings is 1. The van der Waals surface area contributed by atoms with Gasteiger partial charge in [-0.1, -0.05) is 6.07 Å². The Morgan fingerprint density at radius 2 is 1.75 bits per heavy atom. The highest BCUT2D eigenvalue weighted by atomic mass is 32.2. The van der Waals surface area contributed by atoms with E-state index in [1.807, 2.05) is 26.8 Å². The number of hydrogen-bond donors (Lipinski definition) is 1. The first-order valence-corrected chi connectivity index (χ1v) is 8.18. The molecule has 2 rings (SSSR count). The van der Waals surface area contributed by atoms with Gasteiger partial charge in [0.1, 0.15) is 4.90 Å². The number of nitrogens with two attached hydrogens (primary N) is 1. The third-order valence-corrected chi connectivity index (χ3v) is 5.73. The topological polar surface area (TPSA) is 72.6 Å².